The normalized spacial score (nSPS) is 11.5. The molecule has 4 rings (SSSR count). The summed E-state index contributed by atoms with van der Waals surface area (Å²) in [5.74, 6) is 1.02. The van der Waals surface area contributed by atoms with Crippen LogP contribution < -0.4 is 10.1 Å². The van der Waals surface area contributed by atoms with Gasteiger partial charge in [-0.2, -0.15) is 0 Å². The van der Waals surface area contributed by atoms with Gasteiger partial charge < -0.3 is 14.5 Å². The summed E-state index contributed by atoms with van der Waals surface area (Å²) in [5.41, 5.74) is 5.25. The molecule has 0 radical (unpaired) electrons. The van der Waals surface area contributed by atoms with Gasteiger partial charge in [0.2, 0.25) is 5.89 Å². The van der Waals surface area contributed by atoms with Crippen LogP contribution in [0.3, 0.4) is 0 Å². The Bertz CT molecular complexity index is 1220. The zero-order chi connectivity index (χ0) is 22.0. The van der Waals surface area contributed by atoms with Crippen molar-refractivity contribution in [2.24, 2.45) is 0 Å². The second kappa shape index (κ2) is 8.26. The molecule has 0 saturated carbocycles. The van der Waals surface area contributed by atoms with Crippen molar-refractivity contribution in [2.45, 2.75) is 33.1 Å². The van der Waals surface area contributed by atoms with E-state index in [2.05, 4.69) is 43.2 Å². The minimum atomic E-state index is -0.236. The van der Waals surface area contributed by atoms with Gasteiger partial charge in [-0.3, -0.25) is 4.79 Å². The number of aromatic nitrogens is 1. The van der Waals surface area contributed by atoms with Crippen LogP contribution in [0.1, 0.15) is 31.9 Å². The number of carbonyl (C=O) groups is 1. The van der Waals surface area contributed by atoms with E-state index in [0.717, 1.165) is 16.6 Å². The fourth-order valence-corrected chi connectivity index (χ4v) is 3.30. The fraction of sp³-hybridized carbons (Fsp3) is 0.231. The monoisotopic (exact) mass is 414 g/mol. The smallest absolute Gasteiger partial charge is 0.262 e. The first-order valence-corrected chi connectivity index (χ1v) is 10.3. The first kappa shape index (κ1) is 20.7. The zero-order valence-electron chi connectivity index (χ0n) is 18.2. The predicted molar refractivity (Wildman–Crippen MR) is 123 cm³/mol. The molecule has 5 nitrogen and oxygen atoms in total. The number of para-hydroxylation sites is 1. The number of benzene rings is 3. The van der Waals surface area contributed by atoms with Gasteiger partial charge in [0.15, 0.2) is 12.2 Å². The average molecular weight is 415 g/mol. The van der Waals surface area contributed by atoms with Crippen LogP contribution >= 0.6 is 0 Å². The molecule has 31 heavy (non-hydrogen) atoms. The molecule has 1 amide bonds. The number of anilines is 1. The molecular formula is C26H26N2O3. The maximum Gasteiger partial charge on any atom is 0.262 e. The van der Waals surface area contributed by atoms with Gasteiger partial charge in [0, 0.05) is 17.3 Å². The summed E-state index contributed by atoms with van der Waals surface area (Å²) in [6.45, 7) is 8.43. The highest BCUT2D eigenvalue weighted by Gasteiger charge is 2.15. The molecule has 0 atom stereocenters. The van der Waals surface area contributed by atoms with Crippen LogP contribution in [0.2, 0.25) is 0 Å². The van der Waals surface area contributed by atoms with Crippen LogP contribution in [0.15, 0.2) is 71.1 Å². The van der Waals surface area contributed by atoms with Crippen molar-refractivity contribution < 1.29 is 13.9 Å². The third-order valence-electron chi connectivity index (χ3n) is 5.12. The van der Waals surface area contributed by atoms with Gasteiger partial charge in [-0.05, 0) is 53.8 Å². The number of ether oxygens (including phenoxy) is 1. The van der Waals surface area contributed by atoms with E-state index in [0.29, 0.717) is 22.9 Å². The van der Waals surface area contributed by atoms with E-state index in [4.69, 9.17) is 9.15 Å². The number of hydrogen-bond acceptors (Lipinski definition) is 4. The van der Waals surface area contributed by atoms with E-state index < -0.39 is 0 Å². The second-order valence-corrected chi connectivity index (χ2v) is 8.63. The van der Waals surface area contributed by atoms with E-state index in [1.807, 2.05) is 55.5 Å². The van der Waals surface area contributed by atoms with Crippen LogP contribution in [0.5, 0.6) is 5.75 Å². The van der Waals surface area contributed by atoms with Crippen molar-refractivity contribution in [3.8, 4) is 17.2 Å². The van der Waals surface area contributed by atoms with Crippen molar-refractivity contribution in [3.05, 3.63) is 77.9 Å². The molecule has 0 aliphatic carbocycles. The molecule has 1 aromatic heterocycles. The summed E-state index contributed by atoms with van der Waals surface area (Å²) in [4.78, 5) is 16.9. The van der Waals surface area contributed by atoms with Crippen molar-refractivity contribution in [3.63, 3.8) is 0 Å². The first-order valence-electron chi connectivity index (χ1n) is 10.3. The van der Waals surface area contributed by atoms with Gasteiger partial charge in [-0.1, -0.05) is 51.1 Å². The van der Waals surface area contributed by atoms with Crippen molar-refractivity contribution in [2.75, 3.05) is 11.9 Å². The SMILES string of the molecule is Cc1ccccc1OCC(=O)Nc1ccc2nc(-c3ccc(C(C)(C)C)cc3)oc2c1. The summed E-state index contributed by atoms with van der Waals surface area (Å²) in [5, 5.41) is 2.85. The summed E-state index contributed by atoms with van der Waals surface area (Å²) < 4.78 is 11.6. The van der Waals surface area contributed by atoms with Crippen molar-refractivity contribution >= 4 is 22.7 Å². The predicted octanol–water partition coefficient (Wildman–Crippen LogP) is 6.12. The molecule has 5 heteroatoms. The van der Waals surface area contributed by atoms with Gasteiger partial charge in [-0.15, -0.1) is 0 Å². The Morgan fingerprint density at radius 3 is 2.48 bits per heavy atom. The lowest BCUT2D eigenvalue weighted by Gasteiger charge is -2.18. The number of fused-ring (bicyclic) bond motifs is 1. The molecule has 0 saturated heterocycles. The van der Waals surface area contributed by atoms with Gasteiger partial charge in [0.25, 0.3) is 5.91 Å². The number of aryl methyl sites for hydroxylation is 1. The highest BCUT2D eigenvalue weighted by molar-refractivity contribution is 5.94. The number of rotatable bonds is 5. The first-order chi connectivity index (χ1) is 14.8. The molecule has 0 fully saturated rings. The lowest BCUT2D eigenvalue weighted by molar-refractivity contribution is -0.118. The highest BCUT2D eigenvalue weighted by Crippen LogP contribution is 2.29. The van der Waals surface area contributed by atoms with Gasteiger partial charge in [-0.25, -0.2) is 4.98 Å². The summed E-state index contributed by atoms with van der Waals surface area (Å²) in [6.07, 6.45) is 0. The Morgan fingerprint density at radius 1 is 1.03 bits per heavy atom. The van der Waals surface area contributed by atoms with Crippen LogP contribution in [-0.2, 0) is 10.2 Å². The molecule has 0 bridgehead atoms. The fourth-order valence-electron chi connectivity index (χ4n) is 3.30. The highest BCUT2D eigenvalue weighted by atomic mass is 16.5. The second-order valence-electron chi connectivity index (χ2n) is 8.63. The molecule has 0 unspecified atom stereocenters. The van der Waals surface area contributed by atoms with Crippen LogP contribution in [0.25, 0.3) is 22.6 Å². The lowest BCUT2D eigenvalue weighted by atomic mass is 9.87. The Morgan fingerprint density at radius 2 is 1.77 bits per heavy atom. The minimum Gasteiger partial charge on any atom is -0.483 e. The molecule has 158 valence electrons. The number of amides is 1. The Labute approximate surface area is 182 Å². The number of carbonyl (C=O) groups excluding carboxylic acids is 1. The van der Waals surface area contributed by atoms with Gasteiger partial charge in [0.05, 0.1) is 0 Å². The number of nitrogens with one attached hydrogen (secondary N) is 1. The molecule has 3 aromatic carbocycles. The van der Waals surface area contributed by atoms with Crippen LogP contribution in [0.4, 0.5) is 5.69 Å². The minimum absolute atomic E-state index is 0.0648. The number of hydrogen-bond donors (Lipinski definition) is 1. The largest absolute Gasteiger partial charge is 0.483 e. The average Bonchev–Trinajstić information content (AvgIpc) is 3.16. The van der Waals surface area contributed by atoms with Crippen LogP contribution in [0, 0.1) is 6.92 Å². The van der Waals surface area contributed by atoms with E-state index >= 15 is 0 Å². The Kier molecular flexibility index (Phi) is 5.51. The summed E-state index contributed by atoms with van der Waals surface area (Å²) in [7, 11) is 0. The molecule has 0 aliphatic heterocycles. The molecule has 1 heterocycles. The maximum atomic E-state index is 12.3. The third kappa shape index (κ3) is 4.77. The third-order valence-corrected chi connectivity index (χ3v) is 5.12. The Hall–Kier alpha value is -3.60. The quantitative estimate of drug-likeness (QED) is 0.427. The standard InChI is InChI=1S/C26H26N2O3/c1-17-7-5-6-8-22(17)30-16-24(29)27-20-13-14-21-23(15-20)31-25(28-21)18-9-11-19(12-10-18)26(2,3)4/h5-15H,16H2,1-4H3,(H,27,29). The van der Waals surface area contributed by atoms with E-state index in [-0.39, 0.29) is 17.9 Å². The Balaban J connectivity index is 1.46. The molecule has 0 spiro atoms. The summed E-state index contributed by atoms with van der Waals surface area (Å²) in [6, 6.07) is 21.3. The topological polar surface area (TPSA) is 64.4 Å². The van der Waals surface area contributed by atoms with E-state index in [9.17, 15) is 4.79 Å². The van der Waals surface area contributed by atoms with Gasteiger partial charge in [0.1, 0.15) is 11.3 Å². The maximum absolute atomic E-state index is 12.3. The van der Waals surface area contributed by atoms with Crippen LogP contribution in [-0.4, -0.2) is 17.5 Å². The van der Waals surface area contributed by atoms with Gasteiger partial charge >= 0.3 is 0 Å². The summed E-state index contributed by atoms with van der Waals surface area (Å²) >= 11 is 0. The molecule has 4 aromatic rings. The van der Waals surface area contributed by atoms with E-state index in [1.54, 1.807) is 6.07 Å². The number of nitrogens with zero attached hydrogens (tertiary/aromatic N) is 1. The lowest BCUT2D eigenvalue weighted by Crippen LogP contribution is -2.20. The number of oxazole rings is 1. The molecule has 0 aliphatic rings. The van der Waals surface area contributed by atoms with Crippen molar-refractivity contribution in [1.29, 1.82) is 0 Å². The van der Waals surface area contributed by atoms with Crippen molar-refractivity contribution in [1.82, 2.24) is 4.98 Å². The zero-order valence-corrected chi connectivity index (χ0v) is 18.2. The molecule has 1 N–H and O–H groups in total. The van der Waals surface area contributed by atoms with E-state index in [1.165, 1.54) is 5.56 Å². The molecular weight excluding hydrogens is 388 g/mol.